The Labute approximate surface area is 179 Å². The van der Waals surface area contributed by atoms with Crippen LogP contribution in [0.5, 0.6) is 0 Å². The molecule has 3 atom stereocenters. The predicted octanol–water partition coefficient (Wildman–Crippen LogP) is 3.27. The van der Waals surface area contributed by atoms with E-state index < -0.39 is 12.2 Å². The molecule has 1 fully saturated rings. The highest BCUT2D eigenvalue weighted by Crippen LogP contribution is 2.39. The van der Waals surface area contributed by atoms with Crippen LogP contribution in [-0.2, 0) is 0 Å². The first-order chi connectivity index (χ1) is 13.9. The summed E-state index contributed by atoms with van der Waals surface area (Å²) in [6.07, 6.45) is 0.330. The van der Waals surface area contributed by atoms with Crippen LogP contribution in [0.4, 0.5) is 5.82 Å². The molecule has 0 bridgehead atoms. The van der Waals surface area contributed by atoms with Crippen LogP contribution in [0.2, 0.25) is 0 Å². The maximum Gasteiger partial charge on any atom is 0.161 e. The molecule has 1 saturated heterocycles. The van der Waals surface area contributed by atoms with E-state index in [4.69, 9.17) is 10.7 Å². The van der Waals surface area contributed by atoms with Crippen molar-refractivity contribution >= 4 is 55.4 Å². The van der Waals surface area contributed by atoms with Gasteiger partial charge in [0.05, 0.1) is 21.8 Å². The number of aryl methyl sites for hydroxylation is 1. The molecule has 0 amide bonds. The summed E-state index contributed by atoms with van der Waals surface area (Å²) in [7, 11) is 0. The average molecular weight is 472 g/mol. The SMILES string of the molecule is Cc1nc(-c2ccc3cc(Br)c(N)nc3c2)nc2c1ccn2[C@H]1SC[C@H](O)[C@@H]1O. The van der Waals surface area contributed by atoms with Crippen LogP contribution in [0.1, 0.15) is 11.1 Å². The number of hydrogen-bond acceptors (Lipinski definition) is 7. The fourth-order valence-electron chi connectivity index (χ4n) is 3.64. The number of anilines is 1. The second-order valence-corrected chi connectivity index (χ2v) is 9.14. The molecular weight excluding hydrogens is 454 g/mol. The lowest BCUT2D eigenvalue weighted by molar-refractivity contribution is 0.0314. The molecule has 148 valence electrons. The van der Waals surface area contributed by atoms with Crippen LogP contribution < -0.4 is 5.73 Å². The molecule has 1 aromatic carbocycles. The first kappa shape index (κ1) is 18.8. The van der Waals surface area contributed by atoms with E-state index in [1.165, 1.54) is 11.8 Å². The molecule has 4 N–H and O–H groups in total. The fraction of sp³-hybridized carbons (Fsp3) is 0.250. The van der Waals surface area contributed by atoms with Gasteiger partial charge in [-0.15, -0.1) is 11.8 Å². The third-order valence-electron chi connectivity index (χ3n) is 5.22. The number of benzene rings is 1. The van der Waals surface area contributed by atoms with Crippen LogP contribution in [0, 0.1) is 6.92 Å². The quantitative estimate of drug-likeness (QED) is 0.411. The molecule has 1 aliphatic heterocycles. The Balaban J connectivity index is 1.65. The van der Waals surface area contributed by atoms with Crippen molar-refractivity contribution in [1.29, 1.82) is 0 Å². The summed E-state index contributed by atoms with van der Waals surface area (Å²) in [6.45, 7) is 1.94. The molecule has 0 spiro atoms. The van der Waals surface area contributed by atoms with Gasteiger partial charge in [-0.05, 0) is 41.1 Å². The summed E-state index contributed by atoms with van der Waals surface area (Å²) >= 11 is 4.92. The van der Waals surface area contributed by atoms with E-state index in [-0.39, 0.29) is 5.37 Å². The zero-order chi connectivity index (χ0) is 20.3. The first-order valence-electron chi connectivity index (χ1n) is 9.11. The second-order valence-electron chi connectivity index (χ2n) is 7.14. The third kappa shape index (κ3) is 3.09. The summed E-state index contributed by atoms with van der Waals surface area (Å²) < 4.78 is 2.69. The van der Waals surface area contributed by atoms with Crippen molar-refractivity contribution in [2.24, 2.45) is 0 Å². The Hall–Kier alpha value is -2.20. The van der Waals surface area contributed by atoms with Gasteiger partial charge in [-0.3, -0.25) is 0 Å². The number of fused-ring (bicyclic) bond motifs is 2. The number of pyridine rings is 1. The van der Waals surface area contributed by atoms with Crippen molar-refractivity contribution in [2.75, 3.05) is 11.5 Å². The minimum Gasteiger partial charge on any atom is -0.389 e. The normalized spacial score (nSPS) is 22.0. The van der Waals surface area contributed by atoms with Crippen molar-refractivity contribution < 1.29 is 10.2 Å². The standard InChI is InChI=1S/C20H18BrN5O2S/c1-9-12-4-5-26(20-16(28)15(27)8-29-20)19(12)25-18(23-9)11-3-2-10-6-13(21)17(22)24-14(10)7-11/h2-7,15-16,20,27-28H,8H2,1H3,(H2,22,24)/t15-,16-,20-/m0/s1. The van der Waals surface area contributed by atoms with Gasteiger partial charge in [0.1, 0.15) is 22.9 Å². The Morgan fingerprint density at radius 1 is 1.17 bits per heavy atom. The molecule has 0 radical (unpaired) electrons. The Kier molecular flexibility index (Phi) is 4.50. The number of aliphatic hydroxyl groups excluding tert-OH is 2. The maximum atomic E-state index is 10.4. The van der Waals surface area contributed by atoms with E-state index in [1.54, 1.807) is 0 Å². The summed E-state index contributed by atoms with van der Waals surface area (Å²) in [5, 5.41) is 21.9. The minimum atomic E-state index is -0.833. The summed E-state index contributed by atoms with van der Waals surface area (Å²) in [6, 6.07) is 9.74. The molecule has 7 nitrogen and oxygen atoms in total. The van der Waals surface area contributed by atoms with Gasteiger partial charge in [-0.25, -0.2) is 15.0 Å². The zero-order valence-corrected chi connectivity index (χ0v) is 17.9. The van der Waals surface area contributed by atoms with Crippen molar-refractivity contribution in [3.05, 3.63) is 46.7 Å². The highest BCUT2D eigenvalue weighted by molar-refractivity contribution is 9.10. The monoisotopic (exact) mass is 471 g/mol. The van der Waals surface area contributed by atoms with Gasteiger partial charge >= 0.3 is 0 Å². The van der Waals surface area contributed by atoms with Gasteiger partial charge in [0.25, 0.3) is 0 Å². The van der Waals surface area contributed by atoms with Crippen LogP contribution in [-0.4, -0.2) is 47.7 Å². The van der Waals surface area contributed by atoms with E-state index in [1.807, 2.05) is 48.0 Å². The highest BCUT2D eigenvalue weighted by atomic mass is 79.9. The molecular formula is C20H18BrN5O2S. The van der Waals surface area contributed by atoms with Gasteiger partial charge in [0.15, 0.2) is 5.82 Å². The lowest BCUT2D eigenvalue weighted by Gasteiger charge is -2.18. The third-order valence-corrected chi connectivity index (χ3v) is 7.23. The van der Waals surface area contributed by atoms with Crippen molar-refractivity contribution in [1.82, 2.24) is 19.5 Å². The van der Waals surface area contributed by atoms with Crippen molar-refractivity contribution in [3.8, 4) is 11.4 Å². The van der Waals surface area contributed by atoms with E-state index in [9.17, 15) is 10.2 Å². The second kappa shape index (κ2) is 6.94. The van der Waals surface area contributed by atoms with Crippen molar-refractivity contribution in [3.63, 3.8) is 0 Å². The predicted molar refractivity (Wildman–Crippen MR) is 119 cm³/mol. The number of halogens is 1. The lowest BCUT2D eigenvalue weighted by atomic mass is 10.1. The molecule has 5 rings (SSSR count). The molecule has 0 aliphatic carbocycles. The highest BCUT2D eigenvalue weighted by Gasteiger charge is 2.36. The Morgan fingerprint density at radius 2 is 2.00 bits per heavy atom. The fourth-order valence-corrected chi connectivity index (χ4v) is 5.28. The molecule has 0 unspecified atom stereocenters. The van der Waals surface area contributed by atoms with Gasteiger partial charge in [-0.1, -0.05) is 12.1 Å². The number of nitrogens with two attached hydrogens (primary N) is 1. The summed E-state index contributed by atoms with van der Waals surface area (Å²) in [4.78, 5) is 13.9. The first-order valence-corrected chi connectivity index (χ1v) is 11.0. The molecule has 29 heavy (non-hydrogen) atoms. The van der Waals surface area contributed by atoms with Gasteiger partial charge < -0.3 is 20.5 Å². The summed E-state index contributed by atoms with van der Waals surface area (Å²) in [5.74, 6) is 1.51. The molecule has 4 heterocycles. The Bertz CT molecular complexity index is 1260. The van der Waals surface area contributed by atoms with Crippen LogP contribution in [0.3, 0.4) is 0 Å². The minimum absolute atomic E-state index is 0.278. The number of rotatable bonds is 2. The van der Waals surface area contributed by atoms with Gasteiger partial charge in [0.2, 0.25) is 0 Å². The number of aliphatic hydroxyl groups is 2. The number of hydrogen-bond donors (Lipinski definition) is 3. The molecule has 9 heteroatoms. The van der Waals surface area contributed by atoms with Crippen molar-refractivity contribution in [2.45, 2.75) is 24.5 Å². The molecule has 0 saturated carbocycles. The average Bonchev–Trinajstić information content (AvgIpc) is 3.26. The van der Waals surface area contributed by atoms with Gasteiger partial charge in [-0.2, -0.15) is 0 Å². The largest absolute Gasteiger partial charge is 0.389 e. The van der Waals surface area contributed by atoms with Crippen LogP contribution >= 0.6 is 27.7 Å². The number of nitrogen functional groups attached to an aromatic ring is 1. The smallest absolute Gasteiger partial charge is 0.161 e. The molecule has 3 aromatic heterocycles. The molecule has 4 aromatic rings. The topological polar surface area (TPSA) is 110 Å². The zero-order valence-electron chi connectivity index (χ0n) is 15.5. The van der Waals surface area contributed by atoms with Gasteiger partial charge in [0, 0.05) is 28.3 Å². The number of thioether (sulfide) groups is 1. The summed E-state index contributed by atoms with van der Waals surface area (Å²) in [5.41, 5.74) is 9.13. The Morgan fingerprint density at radius 3 is 2.76 bits per heavy atom. The van der Waals surface area contributed by atoms with E-state index in [0.29, 0.717) is 17.4 Å². The van der Waals surface area contributed by atoms with Crippen LogP contribution in [0.25, 0.3) is 33.3 Å². The van der Waals surface area contributed by atoms with E-state index >= 15 is 0 Å². The molecule has 1 aliphatic rings. The van der Waals surface area contributed by atoms with E-state index in [2.05, 4.69) is 25.9 Å². The van der Waals surface area contributed by atoms with Crippen LogP contribution in [0.15, 0.2) is 41.0 Å². The maximum absolute atomic E-state index is 10.4. The lowest BCUT2D eigenvalue weighted by Crippen LogP contribution is -2.27. The number of aromatic nitrogens is 4. The van der Waals surface area contributed by atoms with E-state index in [0.717, 1.165) is 37.7 Å². The number of nitrogens with zero attached hydrogens (tertiary/aromatic N) is 4.